The Hall–Kier alpha value is -2.11. The zero-order valence-corrected chi connectivity index (χ0v) is 11.4. The molecule has 0 N–H and O–H groups in total. The van der Waals surface area contributed by atoms with Crippen LogP contribution in [0.4, 0.5) is 0 Å². The van der Waals surface area contributed by atoms with E-state index in [4.69, 9.17) is 0 Å². The lowest BCUT2D eigenvalue weighted by molar-refractivity contribution is 0.0984. The number of rotatable bonds is 5. The van der Waals surface area contributed by atoms with Crippen molar-refractivity contribution in [2.45, 2.75) is 33.7 Å². The maximum atomic E-state index is 12.1. The minimum absolute atomic E-state index is 0.0662. The monoisotopic (exact) mass is 259 g/mol. The number of Topliss-reactive ketones (excluding diaryl/α,β-unsaturated/α-hetero) is 1. The number of aryl methyl sites for hydroxylation is 1. The van der Waals surface area contributed by atoms with Gasteiger partial charge in [-0.25, -0.2) is 19.6 Å². The van der Waals surface area contributed by atoms with E-state index in [2.05, 4.69) is 33.9 Å². The van der Waals surface area contributed by atoms with Crippen LogP contribution in [0.15, 0.2) is 18.6 Å². The van der Waals surface area contributed by atoms with Crippen molar-refractivity contribution in [1.29, 1.82) is 0 Å². The van der Waals surface area contributed by atoms with Crippen LogP contribution in [-0.4, -0.2) is 30.5 Å². The van der Waals surface area contributed by atoms with Crippen LogP contribution in [-0.2, 0) is 13.0 Å². The van der Waals surface area contributed by atoms with Crippen molar-refractivity contribution in [2.75, 3.05) is 0 Å². The molecular weight excluding hydrogens is 242 g/mol. The molecular formula is C13H17N5O. The predicted octanol–water partition coefficient (Wildman–Crippen LogP) is 1.46. The van der Waals surface area contributed by atoms with E-state index in [1.807, 2.05) is 0 Å². The molecule has 2 heterocycles. The van der Waals surface area contributed by atoms with Crippen LogP contribution >= 0.6 is 0 Å². The number of aromatic nitrogens is 5. The Morgan fingerprint density at radius 3 is 2.84 bits per heavy atom. The van der Waals surface area contributed by atoms with Gasteiger partial charge < -0.3 is 0 Å². The van der Waals surface area contributed by atoms with Gasteiger partial charge in [-0.3, -0.25) is 4.79 Å². The molecule has 0 aromatic carbocycles. The van der Waals surface area contributed by atoms with Crippen LogP contribution < -0.4 is 0 Å². The molecule has 0 fully saturated rings. The molecule has 0 spiro atoms. The van der Waals surface area contributed by atoms with Crippen LogP contribution in [0.1, 0.15) is 36.0 Å². The third kappa shape index (κ3) is 3.43. The van der Waals surface area contributed by atoms with Crippen molar-refractivity contribution >= 4 is 5.78 Å². The highest BCUT2D eigenvalue weighted by atomic mass is 16.1. The smallest absolute Gasteiger partial charge is 0.188 e. The molecule has 19 heavy (non-hydrogen) atoms. The summed E-state index contributed by atoms with van der Waals surface area (Å²) in [5.74, 6) is 1.66. The lowest BCUT2D eigenvalue weighted by Gasteiger charge is -2.07. The van der Waals surface area contributed by atoms with E-state index in [0.29, 0.717) is 23.3 Å². The van der Waals surface area contributed by atoms with Crippen LogP contribution in [0, 0.1) is 12.8 Å². The van der Waals surface area contributed by atoms with Crippen LogP contribution in [0.5, 0.6) is 0 Å². The van der Waals surface area contributed by atoms with Crippen molar-refractivity contribution in [3.63, 3.8) is 0 Å². The molecule has 2 aromatic heterocycles. The Morgan fingerprint density at radius 2 is 2.16 bits per heavy atom. The van der Waals surface area contributed by atoms with Crippen molar-refractivity contribution < 1.29 is 4.79 Å². The first-order valence-corrected chi connectivity index (χ1v) is 6.26. The quantitative estimate of drug-likeness (QED) is 0.760. The Kier molecular flexibility index (Phi) is 3.99. The first-order valence-electron chi connectivity index (χ1n) is 6.26. The van der Waals surface area contributed by atoms with E-state index in [1.54, 1.807) is 23.9 Å². The highest BCUT2D eigenvalue weighted by molar-refractivity contribution is 5.95. The summed E-state index contributed by atoms with van der Waals surface area (Å²) in [5, 5.41) is 4.14. The van der Waals surface area contributed by atoms with Crippen molar-refractivity contribution in [3.05, 3.63) is 35.9 Å². The molecule has 0 amide bonds. The van der Waals surface area contributed by atoms with E-state index in [-0.39, 0.29) is 12.2 Å². The fraction of sp³-hybridized carbons (Fsp3) is 0.462. The molecule has 100 valence electrons. The Balaban J connectivity index is 2.13. The minimum Gasteiger partial charge on any atom is -0.292 e. The summed E-state index contributed by atoms with van der Waals surface area (Å²) < 4.78 is 1.77. The average Bonchev–Trinajstić information content (AvgIpc) is 2.75. The molecule has 2 aromatic rings. The summed E-state index contributed by atoms with van der Waals surface area (Å²) in [6.45, 7) is 6.71. The molecule has 0 saturated heterocycles. The topological polar surface area (TPSA) is 73.6 Å². The average molecular weight is 259 g/mol. The number of carbonyl (C=O) groups excluding carboxylic acids is 1. The zero-order chi connectivity index (χ0) is 13.8. The summed E-state index contributed by atoms with van der Waals surface area (Å²) >= 11 is 0. The lowest BCUT2D eigenvalue weighted by atomic mass is 10.2. The molecule has 0 saturated carbocycles. The van der Waals surface area contributed by atoms with Gasteiger partial charge in [-0.05, 0) is 18.9 Å². The Bertz CT molecular complexity index is 576. The van der Waals surface area contributed by atoms with E-state index < -0.39 is 0 Å². The maximum absolute atomic E-state index is 12.1. The third-order valence-corrected chi connectivity index (χ3v) is 2.61. The summed E-state index contributed by atoms with van der Waals surface area (Å²) in [5.41, 5.74) is 0.423. The fourth-order valence-corrected chi connectivity index (χ4v) is 1.77. The standard InChI is InChI=1S/C13H17N5O/c1-9(2)7-18-13(15-8-16-18)6-12(19)11-4-5-14-10(3)17-11/h4-5,8-9H,6-7H2,1-3H3. The molecule has 0 unspecified atom stereocenters. The van der Waals surface area contributed by atoms with E-state index in [9.17, 15) is 4.79 Å². The SMILES string of the molecule is Cc1nccc(C(=O)Cc2ncnn2CC(C)C)n1. The maximum Gasteiger partial charge on any atom is 0.188 e. The van der Waals surface area contributed by atoms with E-state index >= 15 is 0 Å². The van der Waals surface area contributed by atoms with Gasteiger partial charge in [0.05, 0.1) is 6.42 Å². The summed E-state index contributed by atoms with van der Waals surface area (Å²) in [7, 11) is 0. The highest BCUT2D eigenvalue weighted by Crippen LogP contribution is 2.06. The molecule has 0 radical (unpaired) electrons. The van der Waals surface area contributed by atoms with Gasteiger partial charge in [-0.15, -0.1) is 0 Å². The fourth-order valence-electron chi connectivity index (χ4n) is 1.77. The molecule has 0 aliphatic rings. The molecule has 2 rings (SSSR count). The zero-order valence-electron chi connectivity index (χ0n) is 11.4. The van der Waals surface area contributed by atoms with Gasteiger partial charge in [-0.1, -0.05) is 13.8 Å². The highest BCUT2D eigenvalue weighted by Gasteiger charge is 2.14. The molecule has 0 aliphatic carbocycles. The van der Waals surface area contributed by atoms with Crippen LogP contribution in [0.25, 0.3) is 0 Å². The molecule has 6 heteroatoms. The Labute approximate surface area is 111 Å². The summed E-state index contributed by atoms with van der Waals surface area (Å²) in [4.78, 5) is 24.4. The second kappa shape index (κ2) is 5.69. The van der Waals surface area contributed by atoms with Gasteiger partial charge in [0, 0.05) is 12.7 Å². The number of carbonyl (C=O) groups is 1. The normalized spacial score (nSPS) is 10.9. The second-order valence-corrected chi connectivity index (χ2v) is 4.84. The minimum atomic E-state index is -0.0662. The van der Waals surface area contributed by atoms with Gasteiger partial charge >= 0.3 is 0 Å². The number of hydrogen-bond donors (Lipinski definition) is 0. The molecule has 0 atom stereocenters. The van der Waals surface area contributed by atoms with Gasteiger partial charge in [0.15, 0.2) is 5.78 Å². The van der Waals surface area contributed by atoms with E-state index in [1.165, 1.54) is 6.33 Å². The van der Waals surface area contributed by atoms with Crippen molar-refractivity contribution in [3.8, 4) is 0 Å². The third-order valence-electron chi connectivity index (χ3n) is 2.61. The van der Waals surface area contributed by atoms with E-state index in [0.717, 1.165) is 6.54 Å². The number of nitrogens with zero attached hydrogens (tertiary/aromatic N) is 5. The first-order chi connectivity index (χ1) is 9.06. The van der Waals surface area contributed by atoms with Crippen molar-refractivity contribution in [2.24, 2.45) is 5.92 Å². The second-order valence-electron chi connectivity index (χ2n) is 4.84. The van der Waals surface area contributed by atoms with Gasteiger partial charge in [0.25, 0.3) is 0 Å². The first kappa shape index (κ1) is 13.3. The summed E-state index contributed by atoms with van der Waals surface area (Å²) in [6, 6.07) is 1.62. The summed E-state index contributed by atoms with van der Waals surface area (Å²) in [6.07, 6.45) is 3.29. The lowest BCUT2D eigenvalue weighted by Crippen LogP contribution is -2.15. The molecule has 0 bridgehead atoms. The Morgan fingerprint density at radius 1 is 1.37 bits per heavy atom. The molecule has 6 nitrogen and oxygen atoms in total. The number of hydrogen-bond acceptors (Lipinski definition) is 5. The largest absolute Gasteiger partial charge is 0.292 e. The van der Waals surface area contributed by atoms with Crippen LogP contribution in [0.3, 0.4) is 0 Å². The van der Waals surface area contributed by atoms with Gasteiger partial charge in [-0.2, -0.15) is 5.10 Å². The molecule has 0 aliphatic heterocycles. The van der Waals surface area contributed by atoms with Crippen molar-refractivity contribution in [1.82, 2.24) is 24.7 Å². The van der Waals surface area contributed by atoms with Gasteiger partial charge in [0.1, 0.15) is 23.7 Å². The van der Waals surface area contributed by atoms with Gasteiger partial charge in [0.2, 0.25) is 0 Å². The number of ketones is 1. The van der Waals surface area contributed by atoms with Crippen LogP contribution in [0.2, 0.25) is 0 Å². The predicted molar refractivity (Wildman–Crippen MR) is 69.7 cm³/mol.